The lowest BCUT2D eigenvalue weighted by atomic mass is 9.91. The molecule has 3 heterocycles. The van der Waals surface area contributed by atoms with Crippen molar-refractivity contribution >= 4 is 5.91 Å². The van der Waals surface area contributed by atoms with Gasteiger partial charge in [0.15, 0.2) is 11.5 Å². The number of piperidine rings is 1. The summed E-state index contributed by atoms with van der Waals surface area (Å²) in [5.74, 6) is 2.89. The van der Waals surface area contributed by atoms with Crippen molar-refractivity contribution in [1.82, 2.24) is 10.1 Å². The molecule has 1 aromatic carbocycles. The zero-order chi connectivity index (χ0) is 17.5. The Kier molecular flexibility index (Phi) is 3.84. The molecule has 0 unspecified atom stereocenters. The van der Waals surface area contributed by atoms with Gasteiger partial charge in [0.1, 0.15) is 19.0 Å². The van der Waals surface area contributed by atoms with Gasteiger partial charge in [-0.1, -0.05) is 5.16 Å². The molecule has 26 heavy (non-hydrogen) atoms. The van der Waals surface area contributed by atoms with Gasteiger partial charge in [-0.2, -0.15) is 0 Å². The zero-order valence-corrected chi connectivity index (χ0v) is 14.7. The van der Waals surface area contributed by atoms with Gasteiger partial charge < -0.3 is 18.9 Å². The zero-order valence-electron chi connectivity index (χ0n) is 14.7. The number of carbonyl (C=O) groups is 1. The molecule has 0 bridgehead atoms. The van der Waals surface area contributed by atoms with Crippen LogP contribution in [0.2, 0.25) is 0 Å². The third-order valence-electron chi connectivity index (χ3n) is 5.68. The van der Waals surface area contributed by atoms with Gasteiger partial charge in [0.2, 0.25) is 0 Å². The van der Waals surface area contributed by atoms with Crippen molar-refractivity contribution in [2.24, 2.45) is 0 Å². The number of ether oxygens (including phenoxy) is 2. The number of nitrogens with zero attached hydrogens (tertiary/aromatic N) is 2. The van der Waals surface area contributed by atoms with E-state index in [0.717, 1.165) is 50.2 Å². The molecule has 5 rings (SSSR count). The topological polar surface area (TPSA) is 64.8 Å². The lowest BCUT2D eigenvalue weighted by Crippen LogP contribution is -2.38. The van der Waals surface area contributed by atoms with Crippen molar-refractivity contribution in [3.63, 3.8) is 0 Å². The third kappa shape index (κ3) is 2.64. The Morgan fingerprint density at radius 2 is 1.88 bits per heavy atom. The van der Waals surface area contributed by atoms with E-state index in [1.165, 1.54) is 12.0 Å². The number of likely N-dealkylation sites (tertiary alicyclic amines) is 1. The summed E-state index contributed by atoms with van der Waals surface area (Å²) < 4.78 is 16.8. The van der Waals surface area contributed by atoms with Gasteiger partial charge in [-0.3, -0.25) is 4.79 Å². The molecule has 0 N–H and O–H groups in total. The van der Waals surface area contributed by atoms with Crippen molar-refractivity contribution in [2.75, 3.05) is 26.3 Å². The molecule has 1 amide bonds. The molecule has 6 heteroatoms. The maximum atomic E-state index is 12.9. The smallest absolute Gasteiger partial charge is 0.253 e. The van der Waals surface area contributed by atoms with Crippen molar-refractivity contribution in [3.05, 3.63) is 40.8 Å². The van der Waals surface area contributed by atoms with Gasteiger partial charge in [0.25, 0.3) is 5.91 Å². The highest BCUT2D eigenvalue weighted by molar-refractivity contribution is 5.95. The lowest BCUT2D eigenvalue weighted by molar-refractivity contribution is 0.0704. The molecule has 1 saturated heterocycles. The summed E-state index contributed by atoms with van der Waals surface area (Å²) in [7, 11) is 0. The number of benzene rings is 1. The minimum atomic E-state index is 0.0585. The van der Waals surface area contributed by atoms with E-state index < -0.39 is 0 Å². The molecular weight excluding hydrogens is 332 g/mol. The number of fused-ring (bicyclic) bond motifs is 2. The molecule has 1 aromatic heterocycles. The van der Waals surface area contributed by atoms with Gasteiger partial charge >= 0.3 is 0 Å². The largest absolute Gasteiger partial charge is 0.486 e. The van der Waals surface area contributed by atoms with Crippen LogP contribution in [0.5, 0.6) is 11.5 Å². The van der Waals surface area contributed by atoms with Crippen LogP contribution in [0.3, 0.4) is 0 Å². The monoisotopic (exact) mass is 354 g/mol. The molecule has 2 aromatic rings. The average Bonchev–Trinajstić information content (AvgIpc) is 3.31. The standard InChI is InChI=1S/C20H22N2O4/c23-20(14-4-5-17-18(12-14)25-11-10-24-17)22-8-6-13(7-9-22)19-15-2-1-3-16(15)21-26-19/h4-5,12-13H,1-3,6-11H2. The summed E-state index contributed by atoms with van der Waals surface area (Å²) in [6.45, 7) is 2.57. The fourth-order valence-corrected chi connectivity index (χ4v) is 4.28. The summed E-state index contributed by atoms with van der Waals surface area (Å²) in [5.41, 5.74) is 3.14. The van der Waals surface area contributed by atoms with Gasteiger partial charge in [-0.25, -0.2) is 0 Å². The molecule has 1 fully saturated rings. The fraction of sp³-hybridized carbons (Fsp3) is 0.500. The number of rotatable bonds is 2. The van der Waals surface area contributed by atoms with E-state index in [2.05, 4.69) is 5.16 Å². The highest BCUT2D eigenvalue weighted by atomic mass is 16.6. The number of hydrogen-bond acceptors (Lipinski definition) is 5. The highest BCUT2D eigenvalue weighted by Crippen LogP contribution is 2.36. The Balaban J connectivity index is 1.27. The van der Waals surface area contributed by atoms with Crippen LogP contribution in [0.4, 0.5) is 0 Å². The lowest BCUT2D eigenvalue weighted by Gasteiger charge is -2.31. The Labute approximate surface area is 152 Å². The second kappa shape index (κ2) is 6.34. The van der Waals surface area contributed by atoms with E-state index in [-0.39, 0.29) is 5.91 Å². The van der Waals surface area contributed by atoms with E-state index in [4.69, 9.17) is 14.0 Å². The Morgan fingerprint density at radius 3 is 2.73 bits per heavy atom. The SMILES string of the molecule is O=C(c1ccc2c(c1)OCCO2)N1CCC(c2onc3c2CCC3)CC1. The van der Waals surface area contributed by atoms with Crippen molar-refractivity contribution in [1.29, 1.82) is 0 Å². The van der Waals surface area contributed by atoms with E-state index in [9.17, 15) is 4.79 Å². The van der Waals surface area contributed by atoms with E-state index >= 15 is 0 Å². The third-order valence-corrected chi connectivity index (χ3v) is 5.68. The van der Waals surface area contributed by atoms with Crippen LogP contribution >= 0.6 is 0 Å². The van der Waals surface area contributed by atoms with Crippen LogP contribution in [-0.4, -0.2) is 42.3 Å². The number of aromatic nitrogens is 1. The van der Waals surface area contributed by atoms with Gasteiger partial charge in [0, 0.05) is 30.1 Å². The molecule has 0 saturated carbocycles. The van der Waals surface area contributed by atoms with Crippen LogP contribution in [0.15, 0.2) is 22.7 Å². The minimum absolute atomic E-state index is 0.0585. The van der Waals surface area contributed by atoms with Crippen LogP contribution in [0.1, 0.15) is 52.6 Å². The molecular formula is C20H22N2O4. The van der Waals surface area contributed by atoms with Crippen LogP contribution in [0, 0.1) is 0 Å². The first-order valence-corrected chi connectivity index (χ1v) is 9.46. The first-order chi connectivity index (χ1) is 12.8. The van der Waals surface area contributed by atoms with Crippen LogP contribution in [-0.2, 0) is 12.8 Å². The normalized spacial score (nSPS) is 19.5. The number of amides is 1. The minimum Gasteiger partial charge on any atom is -0.486 e. The predicted molar refractivity (Wildman–Crippen MR) is 93.8 cm³/mol. The average molecular weight is 354 g/mol. The number of aryl methyl sites for hydroxylation is 1. The van der Waals surface area contributed by atoms with Crippen LogP contribution < -0.4 is 9.47 Å². The van der Waals surface area contributed by atoms with E-state index in [0.29, 0.717) is 36.2 Å². The van der Waals surface area contributed by atoms with Crippen molar-refractivity contribution in [2.45, 2.75) is 38.0 Å². The Bertz CT molecular complexity index is 836. The molecule has 3 aliphatic rings. The summed E-state index contributed by atoms with van der Waals surface area (Å²) in [6, 6.07) is 5.45. The summed E-state index contributed by atoms with van der Waals surface area (Å²) >= 11 is 0. The molecule has 2 aliphatic heterocycles. The molecule has 6 nitrogen and oxygen atoms in total. The number of carbonyl (C=O) groups excluding carboxylic acids is 1. The maximum Gasteiger partial charge on any atom is 0.253 e. The van der Waals surface area contributed by atoms with Gasteiger partial charge in [-0.05, 0) is 50.3 Å². The molecule has 1 aliphatic carbocycles. The fourth-order valence-electron chi connectivity index (χ4n) is 4.28. The summed E-state index contributed by atoms with van der Waals surface area (Å²) in [4.78, 5) is 14.8. The predicted octanol–water partition coefficient (Wildman–Crippen LogP) is 2.95. The molecule has 0 atom stereocenters. The first-order valence-electron chi connectivity index (χ1n) is 9.46. The maximum absolute atomic E-state index is 12.9. The second-order valence-corrected chi connectivity index (χ2v) is 7.25. The van der Waals surface area contributed by atoms with Gasteiger partial charge in [-0.15, -0.1) is 0 Å². The van der Waals surface area contributed by atoms with Crippen molar-refractivity contribution < 1.29 is 18.8 Å². The molecule has 0 radical (unpaired) electrons. The van der Waals surface area contributed by atoms with E-state index in [1.807, 2.05) is 17.0 Å². The number of hydrogen-bond donors (Lipinski definition) is 0. The summed E-state index contributed by atoms with van der Waals surface area (Å²) in [5, 5.41) is 4.23. The first kappa shape index (κ1) is 15.7. The Hall–Kier alpha value is -2.50. The van der Waals surface area contributed by atoms with Crippen molar-refractivity contribution in [3.8, 4) is 11.5 Å². The summed E-state index contributed by atoms with van der Waals surface area (Å²) in [6.07, 6.45) is 5.17. The van der Waals surface area contributed by atoms with E-state index in [1.54, 1.807) is 6.07 Å². The highest BCUT2D eigenvalue weighted by Gasteiger charge is 2.31. The molecule has 136 valence electrons. The van der Waals surface area contributed by atoms with Crippen LogP contribution in [0.25, 0.3) is 0 Å². The Morgan fingerprint density at radius 1 is 1.08 bits per heavy atom. The van der Waals surface area contributed by atoms with Gasteiger partial charge in [0.05, 0.1) is 5.69 Å². The molecule has 0 spiro atoms. The quantitative estimate of drug-likeness (QED) is 0.830. The second-order valence-electron chi connectivity index (χ2n) is 7.25.